The maximum absolute atomic E-state index is 12.0. The number of aromatic nitrogens is 1. The first-order valence-electron chi connectivity index (χ1n) is 7.26. The van der Waals surface area contributed by atoms with E-state index in [-0.39, 0.29) is 17.1 Å². The second-order valence-corrected chi connectivity index (χ2v) is 5.43. The van der Waals surface area contributed by atoms with Gasteiger partial charge in [0, 0.05) is 12.6 Å². The van der Waals surface area contributed by atoms with Gasteiger partial charge in [-0.2, -0.15) is 0 Å². The Hall–Kier alpha value is -2.18. The molecule has 7 nitrogen and oxygen atoms in total. The molecule has 1 aromatic heterocycles. The first-order chi connectivity index (χ1) is 10.1. The van der Waals surface area contributed by atoms with E-state index in [9.17, 15) is 14.9 Å². The number of carbonyl (C=O) groups is 1. The van der Waals surface area contributed by atoms with E-state index in [1.54, 1.807) is 0 Å². The van der Waals surface area contributed by atoms with Crippen LogP contribution in [0.2, 0.25) is 0 Å². The van der Waals surface area contributed by atoms with Gasteiger partial charge in [0.15, 0.2) is 0 Å². The number of rotatable bonds is 6. The van der Waals surface area contributed by atoms with Gasteiger partial charge in [0.2, 0.25) is 0 Å². The number of nitrogens with zero attached hydrogens (tertiary/aromatic N) is 2. The normalized spacial score (nSPS) is 15.0. The minimum Gasteiger partial charge on any atom is -0.383 e. The van der Waals surface area contributed by atoms with E-state index in [2.05, 4.69) is 10.3 Å². The molecular weight excluding hydrogens is 272 g/mol. The molecule has 1 aliphatic carbocycles. The highest BCUT2D eigenvalue weighted by Gasteiger charge is 2.17. The molecule has 1 heterocycles. The number of anilines is 1. The van der Waals surface area contributed by atoms with Crippen molar-refractivity contribution >= 4 is 17.4 Å². The summed E-state index contributed by atoms with van der Waals surface area (Å²) < 4.78 is 0. The van der Waals surface area contributed by atoms with Crippen molar-refractivity contribution < 1.29 is 9.72 Å². The molecule has 1 fully saturated rings. The lowest BCUT2D eigenvalue weighted by atomic mass is 10.0. The van der Waals surface area contributed by atoms with E-state index in [1.807, 2.05) is 0 Å². The molecule has 1 aliphatic rings. The Balaban J connectivity index is 1.84. The lowest BCUT2D eigenvalue weighted by Gasteiger charge is -2.10. The fraction of sp³-hybridized carbons (Fsp3) is 0.571. The molecule has 3 N–H and O–H groups in total. The van der Waals surface area contributed by atoms with E-state index in [0.29, 0.717) is 6.54 Å². The number of carbonyl (C=O) groups excluding carboxylic acids is 1. The van der Waals surface area contributed by atoms with Crippen LogP contribution in [0.4, 0.5) is 11.5 Å². The molecule has 21 heavy (non-hydrogen) atoms. The van der Waals surface area contributed by atoms with Crippen molar-refractivity contribution in [2.45, 2.75) is 38.5 Å². The van der Waals surface area contributed by atoms with Crippen LogP contribution < -0.4 is 11.1 Å². The molecule has 2 rings (SSSR count). The molecule has 1 saturated carbocycles. The van der Waals surface area contributed by atoms with Crippen LogP contribution in [0, 0.1) is 16.0 Å². The Kier molecular flexibility index (Phi) is 5.08. The Bertz CT molecular complexity index is 527. The zero-order valence-electron chi connectivity index (χ0n) is 11.9. The summed E-state index contributed by atoms with van der Waals surface area (Å²) in [4.78, 5) is 25.8. The molecule has 0 unspecified atom stereocenters. The van der Waals surface area contributed by atoms with Gasteiger partial charge in [-0.15, -0.1) is 0 Å². The van der Waals surface area contributed by atoms with Crippen LogP contribution in [0.15, 0.2) is 12.3 Å². The van der Waals surface area contributed by atoms with Gasteiger partial charge >= 0.3 is 0 Å². The molecule has 1 aromatic rings. The lowest BCUT2D eigenvalue weighted by Crippen LogP contribution is -2.26. The maximum atomic E-state index is 12.0. The predicted octanol–water partition coefficient (Wildman–Crippen LogP) is 2.27. The third-order valence-corrected chi connectivity index (χ3v) is 3.91. The zero-order chi connectivity index (χ0) is 15.2. The quantitative estimate of drug-likeness (QED) is 0.474. The third kappa shape index (κ3) is 4.14. The molecule has 114 valence electrons. The summed E-state index contributed by atoms with van der Waals surface area (Å²) in [5, 5.41) is 13.4. The molecule has 1 amide bonds. The number of nitrogens with two attached hydrogens (primary N) is 1. The number of nitrogen functional groups attached to an aromatic ring is 1. The van der Waals surface area contributed by atoms with Crippen molar-refractivity contribution in [2.24, 2.45) is 5.92 Å². The second-order valence-electron chi connectivity index (χ2n) is 5.43. The molecule has 0 aromatic carbocycles. The molecule has 7 heteroatoms. The zero-order valence-corrected chi connectivity index (χ0v) is 11.9. The van der Waals surface area contributed by atoms with E-state index in [0.717, 1.165) is 31.0 Å². The van der Waals surface area contributed by atoms with Crippen molar-refractivity contribution in [1.82, 2.24) is 10.3 Å². The van der Waals surface area contributed by atoms with Gasteiger partial charge < -0.3 is 11.1 Å². The van der Waals surface area contributed by atoms with Crippen molar-refractivity contribution in [1.29, 1.82) is 0 Å². The third-order valence-electron chi connectivity index (χ3n) is 3.91. The van der Waals surface area contributed by atoms with E-state index in [1.165, 1.54) is 25.7 Å². The number of amides is 1. The highest BCUT2D eigenvalue weighted by molar-refractivity contribution is 5.98. The molecule has 0 saturated heterocycles. The highest BCUT2D eigenvalue weighted by Crippen LogP contribution is 2.28. The summed E-state index contributed by atoms with van der Waals surface area (Å²) in [7, 11) is 0. The fourth-order valence-corrected chi connectivity index (χ4v) is 2.73. The highest BCUT2D eigenvalue weighted by atomic mass is 16.6. The second kappa shape index (κ2) is 7.01. The van der Waals surface area contributed by atoms with E-state index < -0.39 is 10.8 Å². The lowest BCUT2D eigenvalue weighted by molar-refractivity contribution is -0.385. The summed E-state index contributed by atoms with van der Waals surface area (Å²) in [6.07, 6.45) is 8.28. The Morgan fingerprint density at radius 2 is 2.19 bits per heavy atom. The first kappa shape index (κ1) is 15.2. The summed E-state index contributed by atoms with van der Waals surface area (Å²) in [5.74, 6) is 0.385. The number of hydrogen-bond acceptors (Lipinski definition) is 5. The smallest absolute Gasteiger partial charge is 0.288 e. The van der Waals surface area contributed by atoms with Crippen molar-refractivity contribution in [3.63, 3.8) is 0 Å². The summed E-state index contributed by atoms with van der Waals surface area (Å²) in [6.45, 7) is 0.553. The molecule has 0 radical (unpaired) electrons. The number of hydrogen-bond donors (Lipinski definition) is 2. The van der Waals surface area contributed by atoms with Crippen molar-refractivity contribution in [2.75, 3.05) is 12.3 Å². The standard InChI is InChI=1S/C14H20N4O3/c15-13-12(8-11(9-17-13)18(20)21)14(19)16-7-3-6-10-4-1-2-5-10/h8-10H,1-7H2,(H2,15,17)(H,16,19). The minimum atomic E-state index is -0.594. The fourth-order valence-electron chi connectivity index (χ4n) is 2.73. The SMILES string of the molecule is Nc1ncc([N+](=O)[O-])cc1C(=O)NCCCC1CCCC1. The number of nitro groups is 1. The van der Waals surface area contributed by atoms with Crippen LogP contribution >= 0.6 is 0 Å². The summed E-state index contributed by atoms with van der Waals surface area (Å²) in [5.41, 5.74) is 5.42. The van der Waals surface area contributed by atoms with Crippen LogP contribution in [-0.4, -0.2) is 22.4 Å². The number of nitrogens with one attached hydrogen (secondary N) is 1. The van der Waals surface area contributed by atoms with Gasteiger partial charge in [-0.25, -0.2) is 4.98 Å². The molecule has 0 bridgehead atoms. The Labute approximate surface area is 123 Å². The average Bonchev–Trinajstić information content (AvgIpc) is 2.96. The Morgan fingerprint density at radius 1 is 1.48 bits per heavy atom. The average molecular weight is 292 g/mol. The predicted molar refractivity (Wildman–Crippen MR) is 78.8 cm³/mol. The van der Waals surface area contributed by atoms with Crippen LogP contribution in [-0.2, 0) is 0 Å². The van der Waals surface area contributed by atoms with Gasteiger partial charge in [0.25, 0.3) is 11.6 Å². The van der Waals surface area contributed by atoms with Crippen molar-refractivity contribution in [3.05, 3.63) is 27.9 Å². The largest absolute Gasteiger partial charge is 0.383 e. The van der Waals surface area contributed by atoms with Gasteiger partial charge in [-0.05, 0) is 18.8 Å². The monoisotopic (exact) mass is 292 g/mol. The number of pyridine rings is 1. The molecule has 0 atom stereocenters. The summed E-state index contributed by atoms with van der Waals surface area (Å²) >= 11 is 0. The summed E-state index contributed by atoms with van der Waals surface area (Å²) in [6, 6.07) is 1.16. The Morgan fingerprint density at radius 3 is 2.86 bits per heavy atom. The van der Waals surface area contributed by atoms with Gasteiger partial charge in [0.05, 0.1) is 10.5 Å². The van der Waals surface area contributed by atoms with Crippen molar-refractivity contribution in [3.8, 4) is 0 Å². The molecular formula is C14H20N4O3. The van der Waals surface area contributed by atoms with Crippen LogP contribution in [0.3, 0.4) is 0 Å². The van der Waals surface area contributed by atoms with E-state index in [4.69, 9.17) is 5.73 Å². The topological polar surface area (TPSA) is 111 Å². The van der Waals surface area contributed by atoms with Crippen LogP contribution in [0.25, 0.3) is 0 Å². The maximum Gasteiger partial charge on any atom is 0.288 e. The van der Waals surface area contributed by atoms with Gasteiger partial charge in [0.1, 0.15) is 12.0 Å². The van der Waals surface area contributed by atoms with Crippen LogP contribution in [0.1, 0.15) is 48.9 Å². The van der Waals surface area contributed by atoms with Gasteiger partial charge in [-0.3, -0.25) is 14.9 Å². The molecule has 0 aliphatic heterocycles. The van der Waals surface area contributed by atoms with Crippen LogP contribution in [0.5, 0.6) is 0 Å². The molecule has 0 spiro atoms. The minimum absolute atomic E-state index is 0.00823. The van der Waals surface area contributed by atoms with E-state index >= 15 is 0 Å². The first-order valence-corrected chi connectivity index (χ1v) is 7.26. The van der Waals surface area contributed by atoms with Gasteiger partial charge in [-0.1, -0.05) is 25.7 Å².